The monoisotopic (exact) mass is 202 g/mol. The summed E-state index contributed by atoms with van der Waals surface area (Å²) in [5.41, 5.74) is 5.06. The van der Waals surface area contributed by atoms with E-state index in [-0.39, 0.29) is 17.5 Å². The van der Waals surface area contributed by atoms with Gasteiger partial charge in [-0.2, -0.15) is 0 Å². The lowest BCUT2D eigenvalue weighted by molar-refractivity contribution is 0.373. The summed E-state index contributed by atoms with van der Waals surface area (Å²) in [7, 11) is 0. The molecule has 0 spiro atoms. The van der Waals surface area contributed by atoms with Gasteiger partial charge in [0.25, 0.3) is 0 Å². The van der Waals surface area contributed by atoms with Crippen LogP contribution in [0.4, 0.5) is 4.39 Å². The Hall–Kier alpha value is -1.29. The van der Waals surface area contributed by atoms with E-state index in [1.807, 2.05) is 0 Å². The first-order valence-electron chi connectivity index (χ1n) is 3.50. The summed E-state index contributed by atoms with van der Waals surface area (Å²) in [5, 5.41) is 6.87. The van der Waals surface area contributed by atoms with Gasteiger partial charge in [0.2, 0.25) is 0 Å². The Morgan fingerprint density at radius 2 is 2.31 bits per heavy atom. The van der Waals surface area contributed by atoms with Gasteiger partial charge in [0, 0.05) is 6.07 Å². The van der Waals surface area contributed by atoms with Crippen molar-refractivity contribution in [2.75, 3.05) is 6.61 Å². The van der Waals surface area contributed by atoms with Gasteiger partial charge in [-0.3, -0.25) is 5.41 Å². The highest BCUT2D eigenvalue weighted by Gasteiger charge is 2.01. The molecular formula is C8H8ClFN2O. The van der Waals surface area contributed by atoms with E-state index >= 15 is 0 Å². The summed E-state index contributed by atoms with van der Waals surface area (Å²) < 4.78 is 17.6. The third kappa shape index (κ3) is 2.91. The Balaban J connectivity index is 2.68. The Morgan fingerprint density at radius 1 is 1.62 bits per heavy atom. The van der Waals surface area contributed by atoms with Crippen LogP contribution in [-0.4, -0.2) is 12.4 Å². The molecule has 0 heterocycles. The summed E-state index contributed by atoms with van der Waals surface area (Å²) in [6.45, 7) is -0.0258. The summed E-state index contributed by atoms with van der Waals surface area (Å²) >= 11 is 5.49. The maximum atomic E-state index is 12.6. The largest absolute Gasteiger partial charge is 0.486 e. The molecule has 0 saturated heterocycles. The molecule has 0 fully saturated rings. The fourth-order valence-electron chi connectivity index (χ4n) is 0.728. The molecule has 0 aliphatic rings. The third-order valence-electron chi connectivity index (χ3n) is 1.29. The van der Waals surface area contributed by atoms with Crippen LogP contribution in [-0.2, 0) is 0 Å². The molecule has 0 unspecified atom stereocenters. The number of rotatable bonds is 3. The molecule has 0 aliphatic carbocycles. The molecule has 0 saturated carbocycles. The van der Waals surface area contributed by atoms with E-state index in [4.69, 9.17) is 27.5 Å². The topological polar surface area (TPSA) is 59.1 Å². The van der Waals surface area contributed by atoms with E-state index in [0.29, 0.717) is 5.75 Å². The van der Waals surface area contributed by atoms with Crippen LogP contribution in [0.3, 0.4) is 0 Å². The van der Waals surface area contributed by atoms with E-state index < -0.39 is 5.82 Å². The minimum atomic E-state index is -0.503. The van der Waals surface area contributed by atoms with Crippen molar-refractivity contribution in [2.24, 2.45) is 5.73 Å². The molecule has 1 rings (SSSR count). The first kappa shape index (κ1) is 9.80. The number of nitrogens with two attached hydrogens (primary N) is 1. The summed E-state index contributed by atoms with van der Waals surface area (Å²) in [4.78, 5) is 0. The lowest BCUT2D eigenvalue weighted by atomic mass is 10.3. The van der Waals surface area contributed by atoms with Crippen LogP contribution in [0.5, 0.6) is 5.75 Å². The maximum absolute atomic E-state index is 12.6. The standard InChI is InChI=1S/C8H8ClFN2O/c9-6-3-5(1-2-7(6)10)13-4-8(11)12/h1-3H,4H2,(H3,11,12). The third-order valence-corrected chi connectivity index (χ3v) is 1.58. The van der Waals surface area contributed by atoms with E-state index in [0.717, 1.165) is 0 Å². The van der Waals surface area contributed by atoms with Gasteiger partial charge in [-0.25, -0.2) is 4.39 Å². The average molecular weight is 203 g/mol. The molecule has 0 amide bonds. The number of benzene rings is 1. The zero-order valence-electron chi connectivity index (χ0n) is 6.68. The Kier molecular flexibility index (Phi) is 3.08. The second-order valence-corrected chi connectivity index (χ2v) is 2.80. The fraction of sp³-hybridized carbons (Fsp3) is 0.125. The average Bonchev–Trinajstić information content (AvgIpc) is 2.07. The minimum Gasteiger partial charge on any atom is -0.486 e. The second-order valence-electron chi connectivity index (χ2n) is 2.39. The molecule has 70 valence electrons. The predicted octanol–water partition coefficient (Wildman–Crippen LogP) is 1.79. The van der Waals surface area contributed by atoms with Crippen LogP contribution in [0.2, 0.25) is 5.02 Å². The number of ether oxygens (including phenoxy) is 1. The van der Waals surface area contributed by atoms with Crippen molar-refractivity contribution >= 4 is 17.4 Å². The molecule has 1 aromatic carbocycles. The van der Waals surface area contributed by atoms with Crippen LogP contribution >= 0.6 is 11.6 Å². The number of amidine groups is 1. The molecule has 3 N–H and O–H groups in total. The van der Waals surface area contributed by atoms with Gasteiger partial charge in [0.15, 0.2) is 0 Å². The zero-order chi connectivity index (χ0) is 9.84. The Bertz CT molecular complexity index is 330. The maximum Gasteiger partial charge on any atom is 0.145 e. The molecule has 1 aromatic rings. The number of hydrogen-bond acceptors (Lipinski definition) is 2. The van der Waals surface area contributed by atoms with Crippen molar-refractivity contribution in [2.45, 2.75) is 0 Å². The van der Waals surface area contributed by atoms with Crippen LogP contribution in [0, 0.1) is 11.2 Å². The molecule has 13 heavy (non-hydrogen) atoms. The van der Waals surface area contributed by atoms with Crippen LogP contribution in [0.1, 0.15) is 0 Å². The zero-order valence-corrected chi connectivity index (χ0v) is 7.44. The summed E-state index contributed by atoms with van der Waals surface area (Å²) in [6.07, 6.45) is 0. The highest BCUT2D eigenvalue weighted by molar-refractivity contribution is 6.30. The van der Waals surface area contributed by atoms with E-state index in [1.165, 1.54) is 18.2 Å². The van der Waals surface area contributed by atoms with Crippen LogP contribution in [0.15, 0.2) is 18.2 Å². The highest BCUT2D eigenvalue weighted by Crippen LogP contribution is 2.20. The quantitative estimate of drug-likeness (QED) is 0.580. The molecule has 0 atom stereocenters. The van der Waals surface area contributed by atoms with Crippen LogP contribution in [0.25, 0.3) is 0 Å². The van der Waals surface area contributed by atoms with Crippen LogP contribution < -0.4 is 10.5 Å². The first-order valence-corrected chi connectivity index (χ1v) is 3.88. The van der Waals surface area contributed by atoms with E-state index in [1.54, 1.807) is 0 Å². The van der Waals surface area contributed by atoms with Gasteiger partial charge in [0.1, 0.15) is 24.0 Å². The minimum absolute atomic E-state index is 0.0129. The highest BCUT2D eigenvalue weighted by atomic mass is 35.5. The molecular weight excluding hydrogens is 195 g/mol. The normalized spacial score (nSPS) is 9.69. The first-order chi connectivity index (χ1) is 6.09. The second kappa shape index (κ2) is 4.09. The van der Waals surface area contributed by atoms with Gasteiger partial charge in [-0.1, -0.05) is 11.6 Å². The molecule has 0 aromatic heterocycles. The smallest absolute Gasteiger partial charge is 0.145 e. The van der Waals surface area contributed by atoms with Crippen molar-refractivity contribution in [1.82, 2.24) is 0 Å². The van der Waals surface area contributed by atoms with Crippen molar-refractivity contribution in [1.29, 1.82) is 5.41 Å². The molecule has 0 aliphatic heterocycles. The lowest BCUT2D eigenvalue weighted by Gasteiger charge is -2.04. The van der Waals surface area contributed by atoms with Crippen molar-refractivity contribution in [3.8, 4) is 5.75 Å². The lowest BCUT2D eigenvalue weighted by Crippen LogP contribution is -2.19. The van der Waals surface area contributed by atoms with E-state index in [9.17, 15) is 4.39 Å². The molecule has 5 heteroatoms. The van der Waals surface area contributed by atoms with Crippen molar-refractivity contribution in [3.05, 3.63) is 29.0 Å². The summed E-state index contributed by atoms with van der Waals surface area (Å²) in [5.74, 6) is -0.209. The molecule has 0 bridgehead atoms. The number of halogens is 2. The Morgan fingerprint density at radius 3 is 2.85 bits per heavy atom. The Labute approximate surface area is 79.8 Å². The SMILES string of the molecule is N=C(N)COc1ccc(F)c(Cl)c1. The summed E-state index contributed by atoms with van der Waals surface area (Å²) in [6, 6.07) is 3.95. The molecule has 3 nitrogen and oxygen atoms in total. The predicted molar refractivity (Wildman–Crippen MR) is 48.8 cm³/mol. The van der Waals surface area contributed by atoms with Crippen molar-refractivity contribution in [3.63, 3.8) is 0 Å². The fourth-order valence-corrected chi connectivity index (χ4v) is 0.898. The van der Waals surface area contributed by atoms with Gasteiger partial charge < -0.3 is 10.5 Å². The number of hydrogen-bond donors (Lipinski definition) is 2. The van der Waals surface area contributed by atoms with Gasteiger partial charge >= 0.3 is 0 Å². The van der Waals surface area contributed by atoms with Gasteiger partial charge in [-0.05, 0) is 12.1 Å². The van der Waals surface area contributed by atoms with Gasteiger partial charge in [0.05, 0.1) is 5.02 Å². The number of nitrogens with one attached hydrogen (secondary N) is 1. The van der Waals surface area contributed by atoms with Gasteiger partial charge in [-0.15, -0.1) is 0 Å². The van der Waals surface area contributed by atoms with Crippen molar-refractivity contribution < 1.29 is 9.13 Å². The van der Waals surface area contributed by atoms with E-state index in [2.05, 4.69) is 0 Å². The molecule has 0 radical (unpaired) electrons.